The van der Waals surface area contributed by atoms with Gasteiger partial charge in [-0.3, -0.25) is 9.59 Å². The first-order valence-corrected chi connectivity index (χ1v) is 10.2. The van der Waals surface area contributed by atoms with Crippen molar-refractivity contribution >= 4 is 29.5 Å². The normalized spacial score (nSPS) is 22.1. The van der Waals surface area contributed by atoms with Gasteiger partial charge in [-0.25, -0.2) is 4.79 Å². The van der Waals surface area contributed by atoms with Crippen LogP contribution in [0.15, 0.2) is 24.3 Å². The molecule has 1 aliphatic carbocycles. The number of amides is 2. The standard InChI is InChI=1S/C19H22N2O4S/c22-17(20-8-7-13-3-1-2-4-15(13)9-20)10-25-19(24)16-11-26-12-21(16)18(23)14-5-6-14/h1-4,14,16H,5-12H2/t16-/m0/s1. The van der Waals surface area contributed by atoms with Crippen molar-refractivity contribution in [2.24, 2.45) is 5.92 Å². The molecule has 2 fully saturated rings. The van der Waals surface area contributed by atoms with E-state index in [1.54, 1.807) is 21.6 Å². The lowest BCUT2D eigenvalue weighted by Crippen LogP contribution is -2.45. The summed E-state index contributed by atoms with van der Waals surface area (Å²) in [5.74, 6) is 0.567. The van der Waals surface area contributed by atoms with Crippen molar-refractivity contribution in [1.29, 1.82) is 0 Å². The maximum absolute atomic E-state index is 12.4. The monoisotopic (exact) mass is 374 g/mol. The van der Waals surface area contributed by atoms with Crippen LogP contribution in [0.1, 0.15) is 24.0 Å². The van der Waals surface area contributed by atoms with Crippen LogP contribution in [0.25, 0.3) is 0 Å². The van der Waals surface area contributed by atoms with Gasteiger partial charge in [0.15, 0.2) is 6.61 Å². The molecule has 1 saturated carbocycles. The van der Waals surface area contributed by atoms with Crippen LogP contribution in [0.4, 0.5) is 0 Å². The molecule has 2 heterocycles. The summed E-state index contributed by atoms with van der Waals surface area (Å²) in [5.41, 5.74) is 2.41. The van der Waals surface area contributed by atoms with Crippen LogP contribution in [-0.4, -0.2) is 58.4 Å². The Morgan fingerprint density at radius 3 is 2.69 bits per heavy atom. The van der Waals surface area contributed by atoms with Gasteiger partial charge in [0.25, 0.3) is 5.91 Å². The van der Waals surface area contributed by atoms with Crippen molar-refractivity contribution in [2.45, 2.75) is 31.8 Å². The Morgan fingerprint density at radius 2 is 1.92 bits per heavy atom. The Hall–Kier alpha value is -2.02. The molecule has 0 bridgehead atoms. The number of carbonyl (C=O) groups excluding carboxylic acids is 3. The van der Waals surface area contributed by atoms with Crippen LogP contribution in [-0.2, 0) is 32.1 Å². The maximum atomic E-state index is 12.4. The molecule has 1 aromatic carbocycles. The molecule has 0 radical (unpaired) electrons. The second-order valence-corrected chi connectivity index (χ2v) is 8.04. The van der Waals surface area contributed by atoms with Crippen LogP contribution in [0.3, 0.4) is 0 Å². The Labute approximate surface area is 156 Å². The first-order valence-electron chi connectivity index (χ1n) is 9.03. The first kappa shape index (κ1) is 17.4. The van der Waals surface area contributed by atoms with E-state index in [2.05, 4.69) is 6.07 Å². The second-order valence-electron chi connectivity index (χ2n) is 7.04. The molecule has 26 heavy (non-hydrogen) atoms. The number of carbonyl (C=O) groups is 3. The highest BCUT2D eigenvalue weighted by Crippen LogP contribution is 2.34. The maximum Gasteiger partial charge on any atom is 0.330 e. The van der Waals surface area contributed by atoms with E-state index in [1.165, 1.54) is 5.56 Å². The third kappa shape index (κ3) is 3.58. The molecule has 1 atom stereocenters. The van der Waals surface area contributed by atoms with Gasteiger partial charge >= 0.3 is 5.97 Å². The first-order chi connectivity index (χ1) is 12.6. The molecule has 0 spiro atoms. The van der Waals surface area contributed by atoms with Crippen LogP contribution in [0.5, 0.6) is 0 Å². The van der Waals surface area contributed by atoms with Crippen LogP contribution in [0, 0.1) is 5.92 Å². The van der Waals surface area contributed by atoms with Crippen molar-refractivity contribution in [1.82, 2.24) is 9.80 Å². The lowest BCUT2D eigenvalue weighted by molar-refractivity contribution is -0.158. The van der Waals surface area contributed by atoms with E-state index in [-0.39, 0.29) is 24.3 Å². The molecule has 0 N–H and O–H groups in total. The van der Waals surface area contributed by atoms with Gasteiger partial charge in [0.05, 0.1) is 5.88 Å². The van der Waals surface area contributed by atoms with E-state index in [9.17, 15) is 14.4 Å². The number of rotatable bonds is 4. The number of esters is 1. The molecule has 1 saturated heterocycles. The molecule has 1 aromatic rings. The van der Waals surface area contributed by atoms with Gasteiger partial charge in [0.1, 0.15) is 6.04 Å². The van der Waals surface area contributed by atoms with Gasteiger partial charge in [0, 0.05) is 24.8 Å². The highest BCUT2D eigenvalue weighted by Gasteiger charge is 2.42. The van der Waals surface area contributed by atoms with E-state index in [0.717, 1.165) is 24.8 Å². The minimum Gasteiger partial charge on any atom is -0.454 e. The summed E-state index contributed by atoms with van der Waals surface area (Å²) in [6, 6.07) is 7.53. The van der Waals surface area contributed by atoms with Crippen molar-refractivity contribution in [2.75, 3.05) is 24.8 Å². The average molecular weight is 374 g/mol. The molecular weight excluding hydrogens is 352 g/mol. The molecule has 0 unspecified atom stereocenters. The highest BCUT2D eigenvalue weighted by atomic mass is 32.2. The predicted molar refractivity (Wildman–Crippen MR) is 97.2 cm³/mol. The van der Waals surface area contributed by atoms with Crippen molar-refractivity contribution in [3.63, 3.8) is 0 Å². The summed E-state index contributed by atoms with van der Waals surface area (Å²) in [6.45, 7) is 0.935. The number of thioether (sulfide) groups is 1. The number of hydrogen-bond acceptors (Lipinski definition) is 5. The molecule has 4 rings (SSSR count). The fraction of sp³-hybridized carbons (Fsp3) is 0.526. The average Bonchev–Trinajstić information content (AvgIpc) is 3.41. The molecule has 138 valence electrons. The zero-order valence-electron chi connectivity index (χ0n) is 14.6. The summed E-state index contributed by atoms with van der Waals surface area (Å²) in [5, 5.41) is 0. The van der Waals surface area contributed by atoms with Gasteiger partial charge in [-0.15, -0.1) is 11.8 Å². The van der Waals surface area contributed by atoms with E-state index in [1.807, 2.05) is 18.2 Å². The zero-order chi connectivity index (χ0) is 18.1. The lowest BCUT2D eigenvalue weighted by Gasteiger charge is -2.29. The third-order valence-corrected chi connectivity index (χ3v) is 6.20. The SMILES string of the molecule is O=C(OCC(=O)N1CCc2ccccc2C1)[C@@H]1CSCN1C(=O)C1CC1. The fourth-order valence-corrected chi connectivity index (χ4v) is 4.60. The van der Waals surface area contributed by atoms with Gasteiger partial charge < -0.3 is 14.5 Å². The van der Waals surface area contributed by atoms with E-state index < -0.39 is 12.0 Å². The van der Waals surface area contributed by atoms with Crippen molar-refractivity contribution in [3.05, 3.63) is 35.4 Å². The van der Waals surface area contributed by atoms with E-state index in [4.69, 9.17) is 4.74 Å². The van der Waals surface area contributed by atoms with Gasteiger partial charge in [-0.1, -0.05) is 24.3 Å². The number of benzene rings is 1. The highest BCUT2D eigenvalue weighted by molar-refractivity contribution is 7.99. The quantitative estimate of drug-likeness (QED) is 0.746. The summed E-state index contributed by atoms with van der Waals surface area (Å²) in [6.07, 6.45) is 2.65. The topological polar surface area (TPSA) is 66.9 Å². The minimum absolute atomic E-state index is 0.0518. The van der Waals surface area contributed by atoms with Crippen LogP contribution < -0.4 is 0 Å². The number of hydrogen-bond donors (Lipinski definition) is 0. The Kier molecular flexibility index (Phi) is 4.89. The third-order valence-electron chi connectivity index (χ3n) is 5.19. The molecule has 2 amide bonds. The zero-order valence-corrected chi connectivity index (χ0v) is 15.4. The smallest absolute Gasteiger partial charge is 0.330 e. The summed E-state index contributed by atoms with van der Waals surface area (Å²) in [4.78, 5) is 40.4. The van der Waals surface area contributed by atoms with Gasteiger partial charge in [-0.2, -0.15) is 0 Å². The van der Waals surface area contributed by atoms with Crippen LogP contribution in [0.2, 0.25) is 0 Å². The van der Waals surface area contributed by atoms with Crippen molar-refractivity contribution in [3.8, 4) is 0 Å². The largest absolute Gasteiger partial charge is 0.454 e. The number of nitrogens with zero attached hydrogens (tertiary/aromatic N) is 2. The second kappa shape index (κ2) is 7.31. The molecule has 3 aliphatic rings. The Bertz CT molecular complexity index is 734. The molecule has 6 nitrogen and oxygen atoms in total. The van der Waals surface area contributed by atoms with Crippen molar-refractivity contribution < 1.29 is 19.1 Å². The van der Waals surface area contributed by atoms with E-state index >= 15 is 0 Å². The molecule has 7 heteroatoms. The van der Waals surface area contributed by atoms with E-state index in [0.29, 0.717) is 24.7 Å². The Morgan fingerprint density at radius 1 is 1.15 bits per heavy atom. The summed E-state index contributed by atoms with van der Waals surface area (Å²) in [7, 11) is 0. The molecule has 2 aliphatic heterocycles. The fourth-order valence-electron chi connectivity index (χ4n) is 3.45. The Balaban J connectivity index is 1.30. The van der Waals surface area contributed by atoms with Crippen LogP contribution >= 0.6 is 11.8 Å². The minimum atomic E-state index is -0.553. The lowest BCUT2D eigenvalue weighted by atomic mass is 10.00. The van der Waals surface area contributed by atoms with Gasteiger partial charge in [-0.05, 0) is 30.4 Å². The summed E-state index contributed by atoms with van der Waals surface area (Å²) >= 11 is 1.56. The molecule has 0 aromatic heterocycles. The number of ether oxygens (including phenoxy) is 1. The molecular formula is C19H22N2O4S. The summed E-state index contributed by atoms with van der Waals surface area (Å²) < 4.78 is 5.27. The van der Waals surface area contributed by atoms with Gasteiger partial charge in [0.2, 0.25) is 5.91 Å². The predicted octanol–water partition coefficient (Wildman–Crippen LogP) is 1.43. The number of fused-ring (bicyclic) bond motifs is 1.